The fourth-order valence-corrected chi connectivity index (χ4v) is 2.96. The number of halogens is 1. The van der Waals surface area contributed by atoms with Crippen molar-refractivity contribution in [2.24, 2.45) is 0 Å². The molecule has 0 atom stereocenters. The molecule has 0 saturated carbocycles. The van der Waals surface area contributed by atoms with Gasteiger partial charge in [-0.25, -0.2) is 4.98 Å². The van der Waals surface area contributed by atoms with Gasteiger partial charge in [0.05, 0.1) is 19.2 Å². The van der Waals surface area contributed by atoms with Crippen molar-refractivity contribution in [3.05, 3.63) is 44.9 Å². The summed E-state index contributed by atoms with van der Waals surface area (Å²) in [5.74, 6) is -0.225. The first-order chi connectivity index (χ1) is 9.60. The third kappa shape index (κ3) is 3.71. The number of aryl methyl sites for hydroxylation is 1. The molecule has 1 N–H and O–H groups in total. The van der Waals surface area contributed by atoms with Gasteiger partial charge in [-0.1, -0.05) is 11.6 Å². The molecule has 2 aromatic heterocycles. The number of thiophene rings is 1. The largest absolute Gasteiger partial charge is 0.469 e. The van der Waals surface area contributed by atoms with E-state index in [0.29, 0.717) is 18.1 Å². The van der Waals surface area contributed by atoms with Gasteiger partial charge in [-0.05, 0) is 30.7 Å². The van der Waals surface area contributed by atoms with Gasteiger partial charge in [-0.2, -0.15) is 0 Å². The third-order valence-corrected chi connectivity index (χ3v) is 4.19. The van der Waals surface area contributed by atoms with E-state index in [1.807, 2.05) is 25.1 Å². The zero-order chi connectivity index (χ0) is 14.5. The smallest absolute Gasteiger partial charge is 0.310 e. The Hall–Kier alpha value is -1.59. The number of hydrogen-bond acceptors (Lipinski definition) is 5. The average molecular weight is 311 g/mol. The molecule has 0 aliphatic heterocycles. The monoisotopic (exact) mass is 310 g/mol. The fourth-order valence-electron chi connectivity index (χ4n) is 1.74. The summed E-state index contributed by atoms with van der Waals surface area (Å²) in [6.07, 6.45) is 2.00. The van der Waals surface area contributed by atoms with Crippen LogP contribution < -0.4 is 5.32 Å². The lowest BCUT2D eigenvalue weighted by Crippen LogP contribution is -2.02. The van der Waals surface area contributed by atoms with Gasteiger partial charge in [-0.15, -0.1) is 11.3 Å². The van der Waals surface area contributed by atoms with Crippen LogP contribution in [-0.4, -0.2) is 18.1 Å². The molecule has 0 spiro atoms. The molecule has 2 aromatic rings. The third-order valence-electron chi connectivity index (χ3n) is 2.82. The van der Waals surface area contributed by atoms with Crippen molar-refractivity contribution in [1.29, 1.82) is 0 Å². The predicted octanol–water partition coefficient (Wildman–Crippen LogP) is 3.43. The Morgan fingerprint density at radius 2 is 2.15 bits per heavy atom. The minimum Gasteiger partial charge on any atom is -0.469 e. The molecule has 0 fully saturated rings. The van der Waals surface area contributed by atoms with Crippen LogP contribution in [0.15, 0.2) is 24.4 Å². The van der Waals surface area contributed by atoms with Crippen molar-refractivity contribution >= 4 is 34.6 Å². The Morgan fingerprint density at radius 1 is 1.40 bits per heavy atom. The highest BCUT2D eigenvalue weighted by atomic mass is 35.5. The zero-order valence-corrected chi connectivity index (χ0v) is 12.8. The van der Waals surface area contributed by atoms with Crippen LogP contribution in [0.5, 0.6) is 0 Å². The van der Waals surface area contributed by atoms with Crippen molar-refractivity contribution in [3.8, 4) is 0 Å². The summed E-state index contributed by atoms with van der Waals surface area (Å²) in [6.45, 7) is 2.63. The maximum absolute atomic E-state index is 11.2. The standard InChI is InChI=1S/C14H15ClN2O2S/c1-9-5-6-16-14(15)13(9)17-8-11-4-3-10(20-11)7-12(18)19-2/h3-6,17H,7-8H2,1-2H3. The van der Waals surface area contributed by atoms with Crippen LogP contribution in [0.4, 0.5) is 5.69 Å². The molecule has 0 radical (unpaired) electrons. The summed E-state index contributed by atoms with van der Waals surface area (Å²) in [4.78, 5) is 17.4. The Morgan fingerprint density at radius 3 is 2.85 bits per heavy atom. The van der Waals surface area contributed by atoms with Gasteiger partial charge in [0.1, 0.15) is 0 Å². The molecule has 0 saturated heterocycles. The topological polar surface area (TPSA) is 51.2 Å². The summed E-state index contributed by atoms with van der Waals surface area (Å²) in [5, 5.41) is 3.75. The van der Waals surface area contributed by atoms with Crippen LogP contribution in [-0.2, 0) is 22.5 Å². The molecule has 2 heterocycles. The molecule has 2 rings (SSSR count). The predicted molar refractivity (Wildman–Crippen MR) is 81.3 cm³/mol. The summed E-state index contributed by atoms with van der Waals surface area (Å²) in [6, 6.07) is 5.84. The summed E-state index contributed by atoms with van der Waals surface area (Å²) < 4.78 is 4.65. The van der Waals surface area contributed by atoms with Crippen molar-refractivity contribution < 1.29 is 9.53 Å². The second kappa shape index (κ2) is 6.72. The molecule has 0 aromatic carbocycles. The first-order valence-corrected chi connectivity index (χ1v) is 7.29. The number of nitrogens with zero attached hydrogens (tertiary/aromatic N) is 1. The number of rotatable bonds is 5. The first-order valence-electron chi connectivity index (χ1n) is 6.09. The van der Waals surface area contributed by atoms with E-state index in [1.165, 1.54) is 7.11 Å². The highest BCUT2D eigenvalue weighted by Crippen LogP contribution is 2.25. The molecular formula is C14H15ClN2O2S. The summed E-state index contributed by atoms with van der Waals surface area (Å²) >= 11 is 7.64. The Labute approximate surface area is 126 Å². The quantitative estimate of drug-likeness (QED) is 0.679. The Balaban J connectivity index is 1.99. The van der Waals surface area contributed by atoms with Gasteiger partial charge in [0.25, 0.3) is 0 Å². The van der Waals surface area contributed by atoms with Gasteiger partial charge < -0.3 is 10.1 Å². The molecule has 0 unspecified atom stereocenters. The normalized spacial score (nSPS) is 10.3. The lowest BCUT2D eigenvalue weighted by molar-refractivity contribution is -0.139. The minimum atomic E-state index is -0.225. The number of carbonyl (C=O) groups is 1. The van der Waals surface area contributed by atoms with Gasteiger partial charge in [-0.3, -0.25) is 4.79 Å². The molecule has 0 amide bonds. The van der Waals surface area contributed by atoms with E-state index in [4.69, 9.17) is 11.6 Å². The maximum Gasteiger partial charge on any atom is 0.310 e. The van der Waals surface area contributed by atoms with E-state index >= 15 is 0 Å². The van der Waals surface area contributed by atoms with Crippen LogP contribution in [0, 0.1) is 6.92 Å². The van der Waals surface area contributed by atoms with E-state index < -0.39 is 0 Å². The molecule has 0 aliphatic rings. The van der Waals surface area contributed by atoms with E-state index in [-0.39, 0.29) is 5.97 Å². The van der Waals surface area contributed by atoms with Crippen molar-refractivity contribution in [2.75, 3.05) is 12.4 Å². The van der Waals surface area contributed by atoms with Crippen LogP contribution in [0.2, 0.25) is 5.15 Å². The van der Waals surface area contributed by atoms with Gasteiger partial charge >= 0.3 is 5.97 Å². The molecule has 106 valence electrons. The number of ether oxygens (including phenoxy) is 1. The van der Waals surface area contributed by atoms with Gasteiger partial charge in [0.2, 0.25) is 0 Å². The number of pyridine rings is 1. The zero-order valence-electron chi connectivity index (χ0n) is 11.3. The van der Waals surface area contributed by atoms with E-state index in [2.05, 4.69) is 15.0 Å². The first kappa shape index (κ1) is 14.8. The second-order valence-corrected chi connectivity index (χ2v) is 5.88. The molecule has 6 heteroatoms. The Bertz CT molecular complexity index is 593. The van der Waals surface area contributed by atoms with E-state index in [0.717, 1.165) is 21.0 Å². The lowest BCUT2D eigenvalue weighted by atomic mass is 10.2. The van der Waals surface area contributed by atoms with Crippen molar-refractivity contribution in [1.82, 2.24) is 4.98 Å². The fraction of sp³-hybridized carbons (Fsp3) is 0.286. The lowest BCUT2D eigenvalue weighted by Gasteiger charge is -2.09. The molecule has 0 bridgehead atoms. The number of nitrogens with one attached hydrogen (secondary N) is 1. The SMILES string of the molecule is COC(=O)Cc1ccc(CNc2c(C)ccnc2Cl)s1. The van der Waals surface area contributed by atoms with Crippen LogP contribution >= 0.6 is 22.9 Å². The number of esters is 1. The summed E-state index contributed by atoms with van der Waals surface area (Å²) in [5.41, 5.74) is 1.90. The molecule has 0 aliphatic carbocycles. The highest BCUT2D eigenvalue weighted by Gasteiger charge is 2.08. The highest BCUT2D eigenvalue weighted by molar-refractivity contribution is 7.12. The van der Waals surface area contributed by atoms with E-state index in [9.17, 15) is 4.79 Å². The number of methoxy groups -OCH3 is 1. The number of anilines is 1. The van der Waals surface area contributed by atoms with Gasteiger partial charge in [0.15, 0.2) is 5.15 Å². The van der Waals surface area contributed by atoms with E-state index in [1.54, 1.807) is 17.5 Å². The molecule has 20 heavy (non-hydrogen) atoms. The molecular weight excluding hydrogens is 296 g/mol. The second-order valence-electron chi connectivity index (χ2n) is 4.27. The Kier molecular flexibility index (Phi) is 4.98. The van der Waals surface area contributed by atoms with Crippen molar-refractivity contribution in [3.63, 3.8) is 0 Å². The minimum absolute atomic E-state index is 0.225. The maximum atomic E-state index is 11.2. The number of hydrogen-bond donors (Lipinski definition) is 1. The van der Waals surface area contributed by atoms with Crippen LogP contribution in [0.1, 0.15) is 15.3 Å². The van der Waals surface area contributed by atoms with Crippen molar-refractivity contribution in [2.45, 2.75) is 19.9 Å². The van der Waals surface area contributed by atoms with Gasteiger partial charge in [0, 0.05) is 22.5 Å². The van der Waals surface area contributed by atoms with Crippen LogP contribution in [0.25, 0.3) is 0 Å². The number of carbonyl (C=O) groups excluding carboxylic acids is 1. The number of aromatic nitrogens is 1. The average Bonchev–Trinajstić information content (AvgIpc) is 2.85. The van der Waals surface area contributed by atoms with Crippen LogP contribution in [0.3, 0.4) is 0 Å². The summed E-state index contributed by atoms with van der Waals surface area (Å²) in [7, 11) is 1.39. The molecule has 4 nitrogen and oxygen atoms in total.